The molecule has 20 heavy (non-hydrogen) atoms. The van der Waals surface area contributed by atoms with Crippen LogP contribution in [0.5, 0.6) is 0 Å². The molecule has 1 aliphatic rings. The minimum Gasteiger partial charge on any atom is -0.463 e. The average Bonchev–Trinajstić information content (AvgIpc) is 3.16. The molecular formula is C15H16N4O. The summed E-state index contributed by atoms with van der Waals surface area (Å²) in [5.74, 6) is 2.26. The van der Waals surface area contributed by atoms with Crippen molar-refractivity contribution in [3.8, 4) is 11.5 Å². The van der Waals surface area contributed by atoms with Gasteiger partial charge in [-0.25, -0.2) is 9.97 Å². The van der Waals surface area contributed by atoms with Crippen molar-refractivity contribution in [2.24, 2.45) is 0 Å². The molecule has 0 amide bonds. The minimum absolute atomic E-state index is 0.475. The van der Waals surface area contributed by atoms with Crippen LogP contribution >= 0.6 is 0 Å². The van der Waals surface area contributed by atoms with Crippen molar-refractivity contribution in [3.05, 3.63) is 36.5 Å². The fraction of sp³-hybridized carbons (Fsp3) is 0.333. The average molecular weight is 268 g/mol. The fourth-order valence-electron chi connectivity index (χ4n) is 2.77. The van der Waals surface area contributed by atoms with Gasteiger partial charge in [0.15, 0.2) is 0 Å². The number of hydrogen-bond acceptors (Lipinski definition) is 4. The van der Waals surface area contributed by atoms with Gasteiger partial charge in [-0.05, 0) is 44.1 Å². The number of fused-ring (bicyclic) bond motifs is 1. The van der Waals surface area contributed by atoms with Gasteiger partial charge in [-0.3, -0.25) is 0 Å². The zero-order valence-electron chi connectivity index (χ0n) is 11.1. The molecule has 3 aromatic heterocycles. The van der Waals surface area contributed by atoms with E-state index in [1.165, 1.54) is 0 Å². The Hall–Kier alpha value is -2.14. The Bertz CT molecular complexity index is 711. The van der Waals surface area contributed by atoms with Gasteiger partial charge in [0.25, 0.3) is 0 Å². The van der Waals surface area contributed by atoms with Crippen molar-refractivity contribution < 1.29 is 4.42 Å². The molecule has 0 unspecified atom stereocenters. The molecule has 0 aliphatic carbocycles. The molecule has 0 atom stereocenters. The van der Waals surface area contributed by atoms with Crippen LogP contribution in [0.25, 0.3) is 22.5 Å². The van der Waals surface area contributed by atoms with Gasteiger partial charge in [-0.2, -0.15) is 0 Å². The summed E-state index contributed by atoms with van der Waals surface area (Å²) in [7, 11) is 0. The van der Waals surface area contributed by atoms with Gasteiger partial charge in [0, 0.05) is 5.92 Å². The summed E-state index contributed by atoms with van der Waals surface area (Å²) in [6, 6.07) is 5.85. The first-order valence-electron chi connectivity index (χ1n) is 7.00. The first-order chi connectivity index (χ1) is 9.90. The largest absolute Gasteiger partial charge is 0.463 e. The van der Waals surface area contributed by atoms with E-state index in [-0.39, 0.29) is 0 Å². The summed E-state index contributed by atoms with van der Waals surface area (Å²) in [4.78, 5) is 12.5. The third-order valence-electron chi connectivity index (χ3n) is 3.88. The van der Waals surface area contributed by atoms with Crippen LogP contribution in [-0.4, -0.2) is 28.0 Å². The van der Waals surface area contributed by atoms with Crippen LogP contribution in [0, 0.1) is 0 Å². The number of aromatic amines is 1. The lowest BCUT2D eigenvalue weighted by atomic mass is 9.97. The fourth-order valence-corrected chi connectivity index (χ4v) is 2.77. The Labute approximate surface area is 116 Å². The molecule has 5 heteroatoms. The van der Waals surface area contributed by atoms with E-state index in [1.807, 2.05) is 24.4 Å². The second kappa shape index (κ2) is 4.76. The highest BCUT2D eigenvalue weighted by atomic mass is 16.3. The Morgan fingerprint density at radius 2 is 2.15 bits per heavy atom. The molecule has 5 nitrogen and oxygen atoms in total. The summed E-state index contributed by atoms with van der Waals surface area (Å²) in [6.07, 6.45) is 5.78. The standard InChI is InChI=1S/C15H16N4O/c1-2-14(20-7-1)12-8-11-13(18-12)9-17-15(19-11)10-3-5-16-6-4-10/h1-2,7-10,16,18H,3-6H2. The molecule has 0 bridgehead atoms. The molecule has 102 valence electrons. The van der Waals surface area contributed by atoms with E-state index in [2.05, 4.69) is 15.3 Å². The molecule has 4 rings (SSSR count). The van der Waals surface area contributed by atoms with E-state index in [9.17, 15) is 0 Å². The molecule has 2 N–H and O–H groups in total. The van der Waals surface area contributed by atoms with Gasteiger partial charge in [0.1, 0.15) is 11.6 Å². The highest BCUT2D eigenvalue weighted by Gasteiger charge is 2.18. The van der Waals surface area contributed by atoms with Crippen LogP contribution in [0.4, 0.5) is 0 Å². The van der Waals surface area contributed by atoms with Gasteiger partial charge in [-0.1, -0.05) is 0 Å². The van der Waals surface area contributed by atoms with Crippen molar-refractivity contribution in [2.75, 3.05) is 13.1 Å². The lowest BCUT2D eigenvalue weighted by molar-refractivity contribution is 0.446. The number of H-pyrrole nitrogens is 1. The number of piperidine rings is 1. The van der Waals surface area contributed by atoms with Crippen molar-refractivity contribution in [3.63, 3.8) is 0 Å². The first-order valence-corrected chi connectivity index (χ1v) is 7.00. The molecule has 0 saturated carbocycles. The Morgan fingerprint density at radius 3 is 2.95 bits per heavy atom. The maximum absolute atomic E-state index is 5.41. The zero-order valence-corrected chi connectivity index (χ0v) is 11.1. The van der Waals surface area contributed by atoms with Gasteiger partial charge in [0.2, 0.25) is 0 Å². The van der Waals surface area contributed by atoms with E-state index in [4.69, 9.17) is 9.40 Å². The van der Waals surface area contributed by atoms with Gasteiger partial charge < -0.3 is 14.7 Å². The summed E-state index contributed by atoms with van der Waals surface area (Å²) >= 11 is 0. The zero-order chi connectivity index (χ0) is 13.4. The van der Waals surface area contributed by atoms with Crippen LogP contribution in [0.3, 0.4) is 0 Å². The molecule has 0 radical (unpaired) electrons. The van der Waals surface area contributed by atoms with E-state index in [1.54, 1.807) is 6.26 Å². The lowest BCUT2D eigenvalue weighted by Gasteiger charge is -2.20. The highest BCUT2D eigenvalue weighted by Crippen LogP contribution is 2.26. The van der Waals surface area contributed by atoms with Gasteiger partial charge in [-0.15, -0.1) is 0 Å². The van der Waals surface area contributed by atoms with E-state index >= 15 is 0 Å². The molecule has 1 aliphatic heterocycles. The van der Waals surface area contributed by atoms with Crippen LogP contribution in [0.2, 0.25) is 0 Å². The SMILES string of the molecule is c1coc(-c2cc3nc(C4CCNCC4)ncc3[nH]2)c1. The van der Waals surface area contributed by atoms with Crippen molar-refractivity contribution in [1.82, 2.24) is 20.3 Å². The van der Waals surface area contributed by atoms with E-state index in [0.717, 1.165) is 54.2 Å². The van der Waals surface area contributed by atoms with Crippen LogP contribution in [-0.2, 0) is 0 Å². The van der Waals surface area contributed by atoms with Crippen LogP contribution < -0.4 is 5.32 Å². The Kier molecular flexibility index (Phi) is 2.77. The Balaban J connectivity index is 1.72. The predicted octanol–water partition coefficient (Wildman–Crippen LogP) is 2.68. The number of furan rings is 1. The summed E-state index contributed by atoms with van der Waals surface area (Å²) in [5.41, 5.74) is 2.86. The highest BCUT2D eigenvalue weighted by molar-refractivity contribution is 5.80. The first kappa shape index (κ1) is 11.7. The molecule has 1 saturated heterocycles. The van der Waals surface area contributed by atoms with Gasteiger partial charge in [0.05, 0.1) is 29.2 Å². The summed E-state index contributed by atoms with van der Waals surface area (Å²) in [6.45, 7) is 2.10. The van der Waals surface area contributed by atoms with Crippen molar-refractivity contribution in [1.29, 1.82) is 0 Å². The predicted molar refractivity (Wildman–Crippen MR) is 76.4 cm³/mol. The number of nitrogens with one attached hydrogen (secondary N) is 2. The number of nitrogens with zero attached hydrogens (tertiary/aromatic N) is 2. The lowest BCUT2D eigenvalue weighted by Crippen LogP contribution is -2.27. The maximum Gasteiger partial charge on any atom is 0.150 e. The molecule has 0 spiro atoms. The topological polar surface area (TPSA) is 66.7 Å². The molecule has 0 aromatic carbocycles. The smallest absolute Gasteiger partial charge is 0.150 e. The number of rotatable bonds is 2. The van der Waals surface area contributed by atoms with Crippen LogP contribution in [0.15, 0.2) is 35.1 Å². The quantitative estimate of drug-likeness (QED) is 0.750. The Morgan fingerprint density at radius 1 is 1.25 bits per heavy atom. The number of aromatic nitrogens is 3. The summed E-state index contributed by atoms with van der Waals surface area (Å²) < 4.78 is 5.41. The normalized spacial score (nSPS) is 16.8. The molecule has 3 aromatic rings. The van der Waals surface area contributed by atoms with Crippen molar-refractivity contribution >= 4 is 11.0 Å². The van der Waals surface area contributed by atoms with Crippen LogP contribution in [0.1, 0.15) is 24.6 Å². The second-order valence-electron chi connectivity index (χ2n) is 5.21. The van der Waals surface area contributed by atoms with E-state index < -0.39 is 0 Å². The number of hydrogen-bond donors (Lipinski definition) is 2. The van der Waals surface area contributed by atoms with E-state index in [0.29, 0.717) is 5.92 Å². The third kappa shape index (κ3) is 2.00. The summed E-state index contributed by atoms with van der Waals surface area (Å²) in [5, 5.41) is 3.37. The maximum atomic E-state index is 5.41. The monoisotopic (exact) mass is 268 g/mol. The third-order valence-corrected chi connectivity index (χ3v) is 3.88. The van der Waals surface area contributed by atoms with Crippen molar-refractivity contribution in [2.45, 2.75) is 18.8 Å². The molecular weight excluding hydrogens is 252 g/mol. The van der Waals surface area contributed by atoms with Gasteiger partial charge >= 0.3 is 0 Å². The minimum atomic E-state index is 0.475. The molecule has 4 heterocycles. The second-order valence-corrected chi connectivity index (χ2v) is 5.21. The molecule has 1 fully saturated rings.